The molecular weight excluding hydrogens is 487 g/mol. The molecule has 0 aliphatic rings. The maximum atomic E-state index is 12.2. The average Bonchev–Trinajstić information content (AvgIpc) is 2.65. The Labute approximate surface area is 181 Å². The summed E-state index contributed by atoms with van der Waals surface area (Å²) in [6, 6.07) is 5.86. The highest BCUT2D eigenvalue weighted by atomic mass is 127. The Morgan fingerprint density at radius 2 is 1.86 bits per heavy atom. The van der Waals surface area contributed by atoms with E-state index in [1.807, 2.05) is 6.92 Å². The van der Waals surface area contributed by atoms with E-state index < -0.39 is 12.7 Å². The lowest BCUT2D eigenvalue weighted by molar-refractivity contribution is -0.0498. The number of aliphatic hydroxyl groups is 1. The van der Waals surface area contributed by atoms with E-state index in [0.717, 1.165) is 6.42 Å². The number of halogens is 3. The molecule has 0 radical (unpaired) electrons. The molecule has 0 aliphatic carbocycles. The van der Waals surface area contributed by atoms with Gasteiger partial charge < -0.3 is 30.0 Å². The molecular formula is C18H30F2IN3O4. The third-order valence-corrected chi connectivity index (χ3v) is 3.45. The predicted octanol–water partition coefficient (Wildman–Crippen LogP) is 2.55. The summed E-state index contributed by atoms with van der Waals surface area (Å²) in [5.41, 5.74) is 0.572. The van der Waals surface area contributed by atoms with Crippen molar-refractivity contribution in [2.75, 3.05) is 46.6 Å². The van der Waals surface area contributed by atoms with E-state index in [1.165, 1.54) is 24.3 Å². The first kappa shape index (κ1) is 26.8. The van der Waals surface area contributed by atoms with Crippen molar-refractivity contribution in [3.8, 4) is 5.75 Å². The minimum Gasteiger partial charge on any atom is -0.435 e. The second-order valence-electron chi connectivity index (χ2n) is 5.57. The zero-order valence-corrected chi connectivity index (χ0v) is 18.5. The van der Waals surface area contributed by atoms with Gasteiger partial charge in [0.1, 0.15) is 5.75 Å². The van der Waals surface area contributed by atoms with Crippen molar-refractivity contribution >= 4 is 29.9 Å². The fourth-order valence-electron chi connectivity index (χ4n) is 2.12. The Bertz CT molecular complexity index is 536. The van der Waals surface area contributed by atoms with Gasteiger partial charge in [0.15, 0.2) is 5.96 Å². The third kappa shape index (κ3) is 12.3. The second kappa shape index (κ2) is 16.7. The predicted molar refractivity (Wildman–Crippen MR) is 115 cm³/mol. The summed E-state index contributed by atoms with van der Waals surface area (Å²) in [6.45, 7) is 2.33. The highest BCUT2D eigenvalue weighted by Gasteiger charge is 2.09. The summed E-state index contributed by atoms with van der Waals surface area (Å²) in [4.78, 5) is 4.34. The average molecular weight is 517 g/mol. The molecule has 1 aromatic rings. The topological polar surface area (TPSA) is 84.3 Å². The number of rotatable bonds is 13. The molecule has 0 saturated carbocycles. The normalized spacial score (nSPS) is 12.4. The molecule has 1 aromatic carbocycles. The van der Waals surface area contributed by atoms with Crippen molar-refractivity contribution in [3.05, 3.63) is 29.8 Å². The monoisotopic (exact) mass is 517 g/mol. The third-order valence-electron chi connectivity index (χ3n) is 3.45. The molecule has 1 unspecified atom stereocenters. The number of nitrogens with zero attached hydrogens (tertiary/aromatic N) is 1. The van der Waals surface area contributed by atoms with Crippen molar-refractivity contribution in [1.29, 1.82) is 0 Å². The van der Waals surface area contributed by atoms with E-state index in [0.29, 0.717) is 44.4 Å². The maximum absolute atomic E-state index is 12.2. The van der Waals surface area contributed by atoms with Crippen LogP contribution < -0.4 is 15.4 Å². The van der Waals surface area contributed by atoms with Crippen LogP contribution in [0.2, 0.25) is 0 Å². The summed E-state index contributed by atoms with van der Waals surface area (Å²) in [5.74, 6) is 0.637. The molecule has 0 aromatic heterocycles. The first-order chi connectivity index (χ1) is 13.1. The molecule has 10 heteroatoms. The highest BCUT2D eigenvalue weighted by molar-refractivity contribution is 14.0. The lowest BCUT2D eigenvalue weighted by Crippen LogP contribution is -2.38. The number of aliphatic hydroxyl groups excluding tert-OH is 1. The quantitative estimate of drug-likeness (QED) is 0.162. The van der Waals surface area contributed by atoms with Gasteiger partial charge in [0, 0.05) is 26.8 Å². The number of alkyl halides is 2. The molecule has 162 valence electrons. The van der Waals surface area contributed by atoms with E-state index >= 15 is 0 Å². The van der Waals surface area contributed by atoms with Crippen LogP contribution >= 0.6 is 24.0 Å². The standard InChI is InChI=1S/C18H29F2N3O4.HI/c1-3-21-18(22-9-4-10-26-12-11-25-2)23-13-16(24)14-5-7-15(8-6-14)27-17(19)20;/h5-8,16-17,24H,3-4,9-13H2,1-2H3,(H2,21,22,23);1H. The molecule has 7 nitrogen and oxygen atoms in total. The number of methoxy groups -OCH3 is 1. The van der Waals surface area contributed by atoms with Crippen molar-refractivity contribution in [3.63, 3.8) is 0 Å². The van der Waals surface area contributed by atoms with Gasteiger partial charge in [-0.3, -0.25) is 4.99 Å². The Kier molecular flexibility index (Phi) is 16.0. The minimum atomic E-state index is -2.87. The fourth-order valence-corrected chi connectivity index (χ4v) is 2.12. The Balaban J connectivity index is 0.00000729. The van der Waals surface area contributed by atoms with Gasteiger partial charge in [-0.15, -0.1) is 24.0 Å². The van der Waals surface area contributed by atoms with Crippen molar-refractivity contribution in [2.24, 2.45) is 4.99 Å². The van der Waals surface area contributed by atoms with E-state index in [-0.39, 0.29) is 36.3 Å². The highest BCUT2D eigenvalue weighted by Crippen LogP contribution is 2.19. The first-order valence-corrected chi connectivity index (χ1v) is 8.88. The van der Waals surface area contributed by atoms with Crippen molar-refractivity contribution < 1.29 is 28.1 Å². The van der Waals surface area contributed by atoms with Gasteiger partial charge in [-0.05, 0) is 31.0 Å². The molecule has 0 heterocycles. The summed E-state index contributed by atoms with van der Waals surface area (Å²) >= 11 is 0. The number of hydrogen-bond donors (Lipinski definition) is 3. The molecule has 0 aliphatic heterocycles. The molecule has 0 amide bonds. The van der Waals surface area contributed by atoms with Crippen LogP contribution in [-0.2, 0) is 9.47 Å². The van der Waals surface area contributed by atoms with Gasteiger partial charge in [-0.2, -0.15) is 8.78 Å². The van der Waals surface area contributed by atoms with Crippen molar-refractivity contribution in [2.45, 2.75) is 26.1 Å². The fraction of sp³-hybridized carbons (Fsp3) is 0.611. The van der Waals surface area contributed by atoms with Gasteiger partial charge in [-0.1, -0.05) is 12.1 Å². The van der Waals surface area contributed by atoms with Gasteiger partial charge in [0.2, 0.25) is 0 Å². The number of guanidine groups is 1. The lowest BCUT2D eigenvalue weighted by Gasteiger charge is -2.14. The molecule has 1 rings (SSSR count). The maximum Gasteiger partial charge on any atom is 0.387 e. The van der Waals surface area contributed by atoms with E-state index in [2.05, 4.69) is 20.4 Å². The van der Waals surface area contributed by atoms with Crippen LogP contribution in [0.25, 0.3) is 0 Å². The number of aliphatic imine (C=N–C) groups is 1. The Morgan fingerprint density at radius 1 is 1.14 bits per heavy atom. The number of benzene rings is 1. The summed E-state index contributed by atoms with van der Waals surface area (Å²) in [6.07, 6.45) is -0.0409. The van der Waals surface area contributed by atoms with Crippen LogP contribution in [0.1, 0.15) is 25.0 Å². The number of hydrogen-bond acceptors (Lipinski definition) is 5. The van der Waals surface area contributed by atoms with Gasteiger partial charge in [0.25, 0.3) is 0 Å². The van der Waals surface area contributed by atoms with Crippen LogP contribution in [0.5, 0.6) is 5.75 Å². The zero-order valence-electron chi connectivity index (χ0n) is 16.2. The van der Waals surface area contributed by atoms with Crippen molar-refractivity contribution in [1.82, 2.24) is 10.6 Å². The van der Waals surface area contributed by atoms with Gasteiger partial charge in [0.05, 0.1) is 25.9 Å². The smallest absolute Gasteiger partial charge is 0.387 e. The molecule has 0 saturated heterocycles. The molecule has 0 bridgehead atoms. The SMILES string of the molecule is CCNC(=NCC(O)c1ccc(OC(F)F)cc1)NCCCOCCOC.I. The van der Waals surface area contributed by atoms with Crippen LogP contribution in [-0.4, -0.2) is 64.2 Å². The van der Waals surface area contributed by atoms with Crippen LogP contribution in [0.3, 0.4) is 0 Å². The molecule has 0 spiro atoms. The number of nitrogens with one attached hydrogen (secondary N) is 2. The lowest BCUT2D eigenvalue weighted by atomic mass is 10.1. The zero-order chi connectivity index (χ0) is 19.9. The van der Waals surface area contributed by atoms with E-state index in [1.54, 1.807) is 7.11 Å². The van der Waals surface area contributed by atoms with Crippen LogP contribution in [0.15, 0.2) is 29.3 Å². The summed E-state index contributed by atoms with van der Waals surface area (Å²) < 4.78 is 38.9. The van der Waals surface area contributed by atoms with Gasteiger partial charge in [-0.25, -0.2) is 0 Å². The van der Waals surface area contributed by atoms with E-state index in [9.17, 15) is 13.9 Å². The summed E-state index contributed by atoms with van der Waals surface area (Å²) in [7, 11) is 1.63. The number of ether oxygens (including phenoxy) is 3. The second-order valence-corrected chi connectivity index (χ2v) is 5.57. The van der Waals surface area contributed by atoms with E-state index in [4.69, 9.17) is 9.47 Å². The molecule has 28 heavy (non-hydrogen) atoms. The van der Waals surface area contributed by atoms with Crippen LogP contribution in [0.4, 0.5) is 8.78 Å². The Hall–Kier alpha value is -1.24. The Morgan fingerprint density at radius 3 is 2.46 bits per heavy atom. The summed E-state index contributed by atoms with van der Waals surface area (Å²) in [5, 5.41) is 16.5. The minimum absolute atomic E-state index is 0. The van der Waals surface area contributed by atoms with Crippen LogP contribution in [0, 0.1) is 0 Å². The van der Waals surface area contributed by atoms with Gasteiger partial charge >= 0.3 is 6.61 Å². The first-order valence-electron chi connectivity index (χ1n) is 8.88. The molecule has 1 atom stereocenters. The largest absolute Gasteiger partial charge is 0.435 e. The molecule has 0 fully saturated rings. The molecule has 3 N–H and O–H groups in total.